The second-order valence-electron chi connectivity index (χ2n) is 8.85. The van der Waals surface area contributed by atoms with E-state index < -0.39 is 11.7 Å². The standard InChI is InChI=1S/C23H23N7O3/c1-13-10-14-7-8-29(22(31)33-23(2,3)4)19(14)15(11-13)12-30-20-18(27-28-30)17(25-21(24)26-20)16-6-5-9-32-16/h5-11H,12H2,1-4H3,(H2,24,25,26). The second kappa shape index (κ2) is 7.44. The van der Waals surface area contributed by atoms with Crippen molar-refractivity contribution < 1.29 is 13.9 Å². The summed E-state index contributed by atoms with van der Waals surface area (Å²) in [6.45, 7) is 7.83. The summed E-state index contributed by atoms with van der Waals surface area (Å²) in [7, 11) is 0. The molecule has 1 aromatic carbocycles. The van der Waals surface area contributed by atoms with Gasteiger partial charge in [0, 0.05) is 11.6 Å². The number of carbonyl (C=O) groups excluding carboxylic acids is 1. The molecule has 0 saturated carbocycles. The third kappa shape index (κ3) is 3.79. The molecule has 0 fully saturated rings. The average Bonchev–Trinajstić information content (AvgIpc) is 3.46. The Kier molecular flexibility index (Phi) is 4.66. The topological polar surface area (TPSA) is 127 Å². The first kappa shape index (κ1) is 20.7. The lowest BCUT2D eigenvalue weighted by atomic mass is 10.1. The molecular weight excluding hydrogens is 422 g/mol. The van der Waals surface area contributed by atoms with Crippen molar-refractivity contribution in [2.45, 2.75) is 39.8 Å². The predicted octanol–water partition coefficient (Wildman–Crippen LogP) is 4.16. The van der Waals surface area contributed by atoms with Crippen molar-refractivity contribution in [3.8, 4) is 11.5 Å². The van der Waals surface area contributed by atoms with Crippen molar-refractivity contribution >= 4 is 34.1 Å². The van der Waals surface area contributed by atoms with Gasteiger partial charge < -0.3 is 14.9 Å². The number of hydrogen-bond donors (Lipinski definition) is 1. The van der Waals surface area contributed by atoms with Crippen LogP contribution in [-0.4, -0.2) is 41.2 Å². The molecule has 0 atom stereocenters. The molecule has 168 valence electrons. The Morgan fingerprint density at radius 2 is 2.03 bits per heavy atom. The monoisotopic (exact) mass is 445 g/mol. The van der Waals surface area contributed by atoms with Gasteiger partial charge in [-0.2, -0.15) is 4.98 Å². The van der Waals surface area contributed by atoms with Crippen molar-refractivity contribution in [3.05, 3.63) is 53.9 Å². The number of aromatic nitrogens is 6. The highest BCUT2D eigenvalue weighted by Crippen LogP contribution is 2.28. The van der Waals surface area contributed by atoms with E-state index in [9.17, 15) is 4.79 Å². The summed E-state index contributed by atoms with van der Waals surface area (Å²) in [6.07, 6.45) is 2.83. The Bertz CT molecular complexity index is 1490. The van der Waals surface area contributed by atoms with E-state index >= 15 is 0 Å². The van der Waals surface area contributed by atoms with E-state index in [1.807, 2.05) is 45.9 Å². The molecule has 5 rings (SSSR count). The van der Waals surface area contributed by atoms with Crippen molar-refractivity contribution in [3.63, 3.8) is 0 Å². The van der Waals surface area contributed by atoms with Gasteiger partial charge in [-0.3, -0.25) is 4.57 Å². The number of furan rings is 1. The Labute approximate surface area is 189 Å². The van der Waals surface area contributed by atoms with Gasteiger partial charge in [-0.05, 0) is 57.5 Å². The average molecular weight is 445 g/mol. The van der Waals surface area contributed by atoms with Crippen molar-refractivity contribution in [2.24, 2.45) is 0 Å². The molecule has 0 amide bonds. The van der Waals surface area contributed by atoms with Gasteiger partial charge in [0.05, 0.1) is 18.3 Å². The van der Waals surface area contributed by atoms with E-state index in [1.54, 1.807) is 29.3 Å². The first-order valence-corrected chi connectivity index (χ1v) is 10.4. The molecule has 10 heteroatoms. The lowest BCUT2D eigenvalue weighted by Gasteiger charge is -2.20. The van der Waals surface area contributed by atoms with Crippen LogP contribution in [0.2, 0.25) is 0 Å². The van der Waals surface area contributed by atoms with Crippen LogP contribution in [0.4, 0.5) is 10.7 Å². The van der Waals surface area contributed by atoms with Crippen LogP contribution in [0.15, 0.2) is 47.2 Å². The first-order chi connectivity index (χ1) is 15.7. The summed E-state index contributed by atoms with van der Waals surface area (Å²) < 4.78 is 14.2. The number of nitrogen functional groups attached to an aromatic ring is 1. The summed E-state index contributed by atoms with van der Waals surface area (Å²) in [4.78, 5) is 21.5. The van der Waals surface area contributed by atoms with Crippen molar-refractivity contribution in [2.75, 3.05) is 5.73 Å². The van der Waals surface area contributed by atoms with Gasteiger partial charge >= 0.3 is 6.09 Å². The van der Waals surface area contributed by atoms with Gasteiger partial charge in [-0.15, -0.1) is 5.10 Å². The molecule has 0 aliphatic heterocycles. The third-order valence-corrected chi connectivity index (χ3v) is 5.05. The highest BCUT2D eigenvalue weighted by Gasteiger charge is 2.22. The molecule has 5 aromatic rings. The Morgan fingerprint density at radius 3 is 2.76 bits per heavy atom. The van der Waals surface area contributed by atoms with Crippen LogP contribution in [0.25, 0.3) is 33.5 Å². The number of benzene rings is 1. The summed E-state index contributed by atoms with van der Waals surface area (Å²) in [5.41, 5.74) is 9.44. The molecule has 0 aliphatic carbocycles. The van der Waals surface area contributed by atoms with Crippen molar-refractivity contribution in [1.29, 1.82) is 0 Å². The second-order valence-corrected chi connectivity index (χ2v) is 8.85. The van der Waals surface area contributed by atoms with Crippen LogP contribution in [0.5, 0.6) is 0 Å². The molecule has 10 nitrogen and oxygen atoms in total. The van der Waals surface area contributed by atoms with E-state index in [4.69, 9.17) is 14.9 Å². The maximum atomic E-state index is 12.9. The lowest BCUT2D eigenvalue weighted by molar-refractivity contribution is 0.0544. The number of rotatable bonds is 3. The SMILES string of the molecule is Cc1cc(Cn2nnc3c(-c4ccco4)nc(N)nc32)c2c(ccn2C(=O)OC(C)(C)C)c1. The van der Waals surface area contributed by atoms with Crippen molar-refractivity contribution in [1.82, 2.24) is 29.5 Å². The fourth-order valence-corrected chi connectivity index (χ4v) is 3.84. The van der Waals surface area contributed by atoms with Gasteiger partial charge in [0.1, 0.15) is 11.3 Å². The summed E-state index contributed by atoms with van der Waals surface area (Å²) >= 11 is 0. The minimum Gasteiger partial charge on any atom is -0.463 e. The summed E-state index contributed by atoms with van der Waals surface area (Å²) in [5, 5.41) is 9.50. The molecule has 0 unspecified atom stereocenters. The fraction of sp³-hybridized carbons (Fsp3) is 0.261. The van der Waals surface area contributed by atoms with Crippen LogP contribution in [-0.2, 0) is 11.3 Å². The number of fused-ring (bicyclic) bond motifs is 2. The van der Waals surface area contributed by atoms with Crippen LogP contribution in [0, 0.1) is 6.92 Å². The molecule has 0 spiro atoms. The molecule has 0 radical (unpaired) electrons. The van der Waals surface area contributed by atoms with Gasteiger partial charge in [0.25, 0.3) is 0 Å². The first-order valence-electron chi connectivity index (χ1n) is 10.4. The molecule has 4 heterocycles. The van der Waals surface area contributed by atoms with Gasteiger partial charge in [-0.25, -0.2) is 14.5 Å². The summed E-state index contributed by atoms with van der Waals surface area (Å²) in [6, 6.07) is 9.46. The van der Waals surface area contributed by atoms with Crippen LogP contribution >= 0.6 is 0 Å². The fourth-order valence-electron chi connectivity index (χ4n) is 3.84. The number of ether oxygens (including phenoxy) is 1. The number of anilines is 1. The van der Waals surface area contributed by atoms with Gasteiger partial charge in [-0.1, -0.05) is 16.8 Å². The van der Waals surface area contributed by atoms with E-state index in [0.29, 0.717) is 29.2 Å². The molecule has 4 aromatic heterocycles. The van der Waals surface area contributed by atoms with E-state index in [2.05, 4.69) is 20.3 Å². The molecular formula is C23H23N7O3. The van der Waals surface area contributed by atoms with Gasteiger partial charge in [0.2, 0.25) is 5.95 Å². The van der Waals surface area contributed by atoms with Gasteiger partial charge in [0.15, 0.2) is 16.9 Å². The maximum absolute atomic E-state index is 12.9. The van der Waals surface area contributed by atoms with Crippen LogP contribution < -0.4 is 5.73 Å². The lowest BCUT2D eigenvalue weighted by Crippen LogP contribution is -2.27. The van der Waals surface area contributed by atoms with Crippen LogP contribution in [0.3, 0.4) is 0 Å². The zero-order valence-electron chi connectivity index (χ0n) is 18.7. The van der Waals surface area contributed by atoms with E-state index in [0.717, 1.165) is 22.0 Å². The molecule has 2 N–H and O–H groups in total. The minimum atomic E-state index is -0.614. The quantitative estimate of drug-likeness (QED) is 0.439. The smallest absolute Gasteiger partial charge is 0.419 e. The number of aryl methyl sites for hydroxylation is 1. The zero-order chi connectivity index (χ0) is 23.3. The maximum Gasteiger partial charge on any atom is 0.419 e. The minimum absolute atomic E-state index is 0.0870. The predicted molar refractivity (Wildman–Crippen MR) is 123 cm³/mol. The molecule has 0 aliphatic rings. The Morgan fingerprint density at radius 1 is 1.21 bits per heavy atom. The number of nitrogens with zero attached hydrogens (tertiary/aromatic N) is 6. The zero-order valence-corrected chi connectivity index (χ0v) is 18.7. The normalized spacial score (nSPS) is 12.0. The summed E-state index contributed by atoms with van der Waals surface area (Å²) in [5.74, 6) is 0.613. The molecule has 0 bridgehead atoms. The molecule has 0 saturated heterocycles. The Hall–Kier alpha value is -4.21. The number of carbonyl (C=O) groups is 1. The number of hydrogen-bond acceptors (Lipinski definition) is 8. The number of nitrogens with two attached hydrogens (primary N) is 1. The largest absolute Gasteiger partial charge is 0.463 e. The van der Waals surface area contributed by atoms with Crippen LogP contribution in [0.1, 0.15) is 31.9 Å². The third-order valence-electron chi connectivity index (χ3n) is 5.05. The Balaban J connectivity index is 1.63. The van der Waals surface area contributed by atoms with E-state index in [-0.39, 0.29) is 5.95 Å². The van der Waals surface area contributed by atoms with E-state index in [1.165, 1.54) is 4.57 Å². The molecule has 33 heavy (non-hydrogen) atoms. The highest BCUT2D eigenvalue weighted by molar-refractivity contribution is 5.92. The highest BCUT2D eigenvalue weighted by atomic mass is 16.6.